The molecule has 0 radical (unpaired) electrons. The third-order valence-electron chi connectivity index (χ3n) is 1.65. The van der Waals surface area contributed by atoms with E-state index in [-0.39, 0.29) is 4.21 Å². The largest absolute Gasteiger partial charge is 0.413 e. The quantitative estimate of drug-likeness (QED) is 0.844. The van der Waals surface area contributed by atoms with Crippen molar-refractivity contribution in [3.05, 3.63) is 17.0 Å². The fraction of sp³-hybridized carbons (Fsp3) is 0.500. The van der Waals surface area contributed by atoms with Gasteiger partial charge >= 0.3 is 6.18 Å². The molecule has 98 valence electrons. The van der Waals surface area contributed by atoms with Crippen LogP contribution in [0, 0.1) is 0 Å². The van der Waals surface area contributed by atoms with Crippen molar-refractivity contribution >= 4 is 21.4 Å². The molecule has 0 saturated carbocycles. The van der Waals surface area contributed by atoms with E-state index < -0.39 is 22.8 Å². The zero-order valence-electron chi connectivity index (χ0n) is 8.74. The van der Waals surface area contributed by atoms with Gasteiger partial charge in [0, 0.05) is 4.88 Å². The first-order valence-electron chi connectivity index (χ1n) is 4.53. The standard InChI is InChI=1S/C8H10F3NO3S2/c1-2-6-3-4-7(16-6)17(13,14)12-15-5-8(9,10)11/h3-4,12H,2,5H2,1H3. The Labute approximate surface area is 100 Å². The molecule has 1 aromatic rings. The first-order valence-corrected chi connectivity index (χ1v) is 6.83. The van der Waals surface area contributed by atoms with Gasteiger partial charge in [0.25, 0.3) is 10.0 Å². The van der Waals surface area contributed by atoms with Gasteiger partial charge in [-0.1, -0.05) is 11.8 Å². The van der Waals surface area contributed by atoms with Gasteiger partial charge in [-0.15, -0.1) is 11.3 Å². The molecule has 0 atom stereocenters. The van der Waals surface area contributed by atoms with Crippen molar-refractivity contribution in [2.45, 2.75) is 23.7 Å². The fourth-order valence-electron chi connectivity index (χ4n) is 0.923. The average molecular weight is 289 g/mol. The van der Waals surface area contributed by atoms with Crippen LogP contribution in [0.25, 0.3) is 0 Å². The van der Waals surface area contributed by atoms with E-state index in [1.54, 1.807) is 6.07 Å². The molecule has 0 fully saturated rings. The van der Waals surface area contributed by atoms with Crippen LogP contribution in [0.4, 0.5) is 13.2 Å². The van der Waals surface area contributed by atoms with Gasteiger partial charge in [0.2, 0.25) is 0 Å². The number of hydrogen-bond acceptors (Lipinski definition) is 4. The average Bonchev–Trinajstić information content (AvgIpc) is 2.63. The lowest BCUT2D eigenvalue weighted by Gasteiger charge is -2.07. The second-order valence-electron chi connectivity index (χ2n) is 3.06. The van der Waals surface area contributed by atoms with Crippen LogP contribution in [-0.2, 0) is 21.3 Å². The Balaban J connectivity index is 2.63. The Morgan fingerprint density at radius 1 is 1.41 bits per heavy atom. The van der Waals surface area contributed by atoms with Crippen molar-refractivity contribution < 1.29 is 26.4 Å². The molecule has 0 bridgehead atoms. The normalized spacial score (nSPS) is 12.9. The van der Waals surface area contributed by atoms with Gasteiger partial charge < -0.3 is 0 Å². The second-order valence-corrected chi connectivity index (χ2v) is 6.11. The minimum Gasteiger partial charge on any atom is -0.277 e. The zero-order chi connectivity index (χ0) is 13.1. The molecule has 0 amide bonds. The molecule has 1 rings (SSSR count). The highest BCUT2D eigenvalue weighted by Gasteiger charge is 2.29. The molecule has 9 heteroatoms. The minimum absolute atomic E-state index is 0.0727. The first kappa shape index (κ1) is 14.4. The van der Waals surface area contributed by atoms with Gasteiger partial charge in [0.1, 0.15) is 4.21 Å². The van der Waals surface area contributed by atoms with Crippen molar-refractivity contribution in [2.24, 2.45) is 0 Å². The van der Waals surface area contributed by atoms with Gasteiger partial charge in [-0.2, -0.15) is 13.2 Å². The molecular formula is C8H10F3NO3S2. The molecule has 1 heterocycles. The molecule has 0 aromatic carbocycles. The third kappa shape index (κ3) is 4.62. The van der Waals surface area contributed by atoms with E-state index in [4.69, 9.17) is 0 Å². The van der Waals surface area contributed by atoms with Crippen LogP contribution < -0.4 is 4.89 Å². The summed E-state index contributed by atoms with van der Waals surface area (Å²) in [4.78, 5) is 6.16. The number of aryl methyl sites for hydroxylation is 1. The molecule has 17 heavy (non-hydrogen) atoms. The van der Waals surface area contributed by atoms with E-state index in [2.05, 4.69) is 4.84 Å². The summed E-state index contributed by atoms with van der Waals surface area (Å²) in [5, 5.41) is 0. The number of halogens is 3. The van der Waals surface area contributed by atoms with E-state index in [1.165, 1.54) is 11.0 Å². The van der Waals surface area contributed by atoms with E-state index >= 15 is 0 Å². The molecule has 0 unspecified atom stereocenters. The highest BCUT2D eigenvalue weighted by atomic mass is 32.2. The number of thiophene rings is 1. The fourth-order valence-corrected chi connectivity index (χ4v) is 3.00. The summed E-state index contributed by atoms with van der Waals surface area (Å²) in [6, 6.07) is 2.92. The Morgan fingerprint density at radius 3 is 2.53 bits per heavy atom. The molecule has 0 aliphatic carbocycles. The van der Waals surface area contributed by atoms with Crippen molar-refractivity contribution in [1.82, 2.24) is 4.89 Å². The summed E-state index contributed by atoms with van der Waals surface area (Å²) in [5.74, 6) is 0. The summed E-state index contributed by atoms with van der Waals surface area (Å²) in [5.41, 5.74) is 0. The smallest absolute Gasteiger partial charge is 0.277 e. The van der Waals surface area contributed by atoms with Gasteiger partial charge in [-0.3, -0.25) is 4.84 Å². The molecule has 0 spiro atoms. The number of alkyl halides is 3. The highest BCUT2D eigenvalue weighted by molar-refractivity contribution is 7.91. The maximum absolute atomic E-state index is 11.7. The molecule has 4 nitrogen and oxygen atoms in total. The van der Waals surface area contributed by atoms with E-state index in [0.717, 1.165) is 16.2 Å². The Bertz CT molecular complexity index is 467. The monoisotopic (exact) mass is 289 g/mol. The third-order valence-corrected chi connectivity index (χ3v) is 4.59. The Morgan fingerprint density at radius 2 is 2.06 bits per heavy atom. The molecule has 0 aliphatic heterocycles. The molecule has 1 aromatic heterocycles. The van der Waals surface area contributed by atoms with Crippen molar-refractivity contribution in [2.75, 3.05) is 6.61 Å². The van der Waals surface area contributed by atoms with Crippen molar-refractivity contribution in [3.8, 4) is 0 Å². The molecule has 1 N–H and O–H groups in total. The lowest BCUT2D eigenvalue weighted by molar-refractivity contribution is -0.181. The zero-order valence-corrected chi connectivity index (χ0v) is 10.4. The summed E-state index contributed by atoms with van der Waals surface area (Å²) in [6.07, 6.45) is -3.92. The predicted octanol–water partition coefficient (Wildman–Crippen LogP) is 2.08. The highest BCUT2D eigenvalue weighted by Crippen LogP contribution is 2.22. The Kier molecular flexibility index (Phi) is 4.53. The molecular weight excluding hydrogens is 279 g/mol. The number of rotatable bonds is 5. The SMILES string of the molecule is CCc1ccc(S(=O)(=O)NOCC(F)(F)F)s1. The van der Waals surface area contributed by atoms with Crippen LogP contribution in [0.2, 0.25) is 0 Å². The predicted molar refractivity (Wildman–Crippen MR) is 56.0 cm³/mol. The van der Waals surface area contributed by atoms with Gasteiger partial charge in [0.05, 0.1) is 0 Å². The summed E-state index contributed by atoms with van der Waals surface area (Å²) < 4.78 is 58.0. The number of hydrogen-bond donors (Lipinski definition) is 1. The van der Waals surface area contributed by atoms with Gasteiger partial charge in [0.15, 0.2) is 6.61 Å². The molecule has 0 saturated heterocycles. The number of nitrogens with one attached hydrogen (secondary N) is 1. The van der Waals surface area contributed by atoms with Crippen LogP contribution in [0.5, 0.6) is 0 Å². The minimum atomic E-state index is -4.58. The van der Waals surface area contributed by atoms with Crippen molar-refractivity contribution in [1.29, 1.82) is 0 Å². The second kappa shape index (κ2) is 5.34. The van der Waals surface area contributed by atoms with Crippen molar-refractivity contribution in [3.63, 3.8) is 0 Å². The lowest BCUT2D eigenvalue weighted by Crippen LogP contribution is -2.29. The van der Waals surface area contributed by atoms with Crippen LogP contribution >= 0.6 is 11.3 Å². The van der Waals surface area contributed by atoms with Crippen LogP contribution in [0.3, 0.4) is 0 Å². The summed E-state index contributed by atoms with van der Waals surface area (Å²) in [6.45, 7) is 0.175. The van der Waals surface area contributed by atoms with Gasteiger partial charge in [-0.05, 0) is 18.6 Å². The Hall–Kier alpha value is -0.640. The maximum atomic E-state index is 11.7. The topological polar surface area (TPSA) is 55.4 Å². The summed E-state index contributed by atoms with van der Waals surface area (Å²) >= 11 is 0.986. The lowest BCUT2D eigenvalue weighted by atomic mass is 10.4. The van der Waals surface area contributed by atoms with E-state index in [0.29, 0.717) is 6.42 Å². The number of sulfonamides is 1. The first-order chi connectivity index (χ1) is 7.74. The summed E-state index contributed by atoms with van der Waals surface area (Å²) in [7, 11) is -4.03. The van der Waals surface area contributed by atoms with Crippen LogP contribution in [0.1, 0.15) is 11.8 Å². The van der Waals surface area contributed by atoms with E-state index in [9.17, 15) is 21.6 Å². The van der Waals surface area contributed by atoms with Crippen LogP contribution in [-0.4, -0.2) is 21.2 Å². The van der Waals surface area contributed by atoms with E-state index in [1.807, 2.05) is 6.92 Å². The molecule has 0 aliphatic rings. The van der Waals surface area contributed by atoms with Gasteiger partial charge in [-0.25, -0.2) is 8.42 Å². The van der Waals surface area contributed by atoms with Crippen LogP contribution in [0.15, 0.2) is 16.3 Å². The maximum Gasteiger partial charge on any atom is 0.413 e.